The smallest absolute Gasteiger partial charge is 0.214 e. The molecule has 0 amide bonds. The number of rotatable bonds is 5. The first kappa shape index (κ1) is 12.9. The van der Waals surface area contributed by atoms with E-state index in [4.69, 9.17) is 5.73 Å². The van der Waals surface area contributed by atoms with Crippen molar-refractivity contribution in [2.75, 3.05) is 25.4 Å². The van der Waals surface area contributed by atoms with Crippen LogP contribution in [0.1, 0.15) is 32.6 Å². The number of nitrogens with zero attached hydrogens (tertiary/aromatic N) is 1. The fourth-order valence-corrected chi connectivity index (χ4v) is 3.76. The molecule has 0 aromatic heterocycles. The first-order valence-corrected chi connectivity index (χ1v) is 7.39. The first-order valence-electron chi connectivity index (χ1n) is 5.78. The summed E-state index contributed by atoms with van der Waals surface area (Å²) in [6.07, 6.45) is 3.74. The van der Waals surface area contributed by atoms with Crippen molar-refractivity contribution in [1.29, 1.82) is 0 Å². The molecule has 1 aliphatic heterocycles. The van der Waals surface area contributed by atoms with Gasteiger partial charge < -0.3 is 5.73 Å². The quantitative estimate of drug-likeness (QED) is 0.765. The Kier molecular flexibility index (Phi) is 5.02. The van der Waals surface area contributed by atoms with Crippen LogP contribution in [0, 0.1) is 5.92 Å². The Morgan fingerprint density at radius 1 is 1.47 bits per heavy atom. The molecule has 0 saturated carbocycles. The molecule has 0 aromatic rings. The summed E-state index contributed by atoms with van der Waals surface area (Å²) in [5.74, 6) is 0.748. The summed E-state index contributed by atoms with van der Waals surface area (Å²) in [5.41, 5.74) is 5.50. The maximum atomic E-state index is 11.8. The minimum Gasteiger partial charge on any atom is -0.330 e. The van der Waals surface area contributed by atoms with E-state index in [9.17, 15) is 8.42 Å². The predicted octanol–water partition coefficient (Wildman–Crippen LogP) is 0.787. The summed E-state index contributed by atoms with van der Waals surface area (Å²) >= 11 is 0. The topological polar surface area (TPSA) is 63.4 Å². The molecule has 4 nitrogen and oxygen atoms in total. The Balaban J connectivity index is 2.55. The molecule has 0 spiro atoms. The van der Waals surface area contributed by atoms with E-state index in [1.807, 2.05) is 6.92 Å². The third kappa shape index (κ3) is 3.74. The van der Waals surface area contributed by atoms with E-state index in [1.54, 1.807) is 4.31 Å². The molecule has 1 saturated heterocycles. The number of hydrogen-bond donors (Lipinski definition) is 1. The lowest BCUT2D eigenvalue weighted by Crippen LogP contribution is -2.41. The van der Waals surface area contributed by atoms with Gasteiger partial charge in [-0.1, -0.05) is 6.92 Å². The second-order valence-corrected chi connectivity index (χ2v) is 6.35. The fourth-order valence-electron chi connectivity index (χ4n) is 2.14. The number of hydrogen-bond acceptors (Lipinski definition) is 3. The van der Waals surface area contributed by atoms with E-state index in [0.29, 0.717) is 32.0 Å². The van der Waals surface area contributed by atoms with Gasteiger partial charge in [0.15, 0.2) is 0 Å². The number of sulfonamides is 1. The van der Waals surface area contributed by atoms with Crippen molar-refractivity contribution < 1.29 is 8.42 Å². The van der Waals surface area contributed by atoms with Crippen LogP contribution < -0.4 is 5.73 Å². The molecular weight excluding hydrogens is 212 g/mol. The van der Waals surface area contributed by atoms with Gasteiger partial charge >= 0.3 is 0 Å². The lowest BCUT2D eigenvalue weighted by Gasteiger charge is -2.31. The highest BCUT2D eigenvalue weighted by Gasteiger charge is 2.27. The molecule has 2 N–H and O–H groups in total. The third-order valence-corrected chi connectivity index (χ3v) is 4.95. The van der Waals surface area contributed by atoms with Crippen LogP contribution in [0.3, 0.4) is 0 Å². The van der Waals surface area contributed by atoms with Crippen LogP contribution in [0.2, 0.25) is 0 Å². The second-order valence-electron chi connectivity index (χ2n) is 4.26. The van der Waals surface area contributed by atoms with Gasteiger partial charge in [0.2, 0.25) is 10.0 Å². The Hall–Kier alpha value is -0.130. The van der Waals surface area contributed by atoms with Gasteiger partial charge in [-0.3, -0.25) is 0 Å². The van der Waals surface area contributed by atoms with Gasteiger partial charge in [0.1, 0.15) is 0 Å². The summed E-state index contributed by atoms with van der Waals surface area (Å²) in [5, 5.41) is 0. The molecule has 1 rings (SSSR count). The van der Waals surface area contributed by atoms with Crippen molar-refractivity contribution in [1.82, 2.24) is 4.31 Å². The Morgan fingerprint density at radius 3 is 2.80 bits per heavy atom. The molecule has 15 heavy (non-hydrogen) atoms. The van der Waals surface area contributed by atoms with E-state index in [-0.39, 0.29) is 5.75 Å². The van der Waals surface area contributed by atoms with E-state index in [2.05, 4.69) is 0 Å². The Bertz CT molecular complexity index is 275. The summed E-state index contributed by atoms with van der Waals surface area (Å²) in [4.78, 5) is 0. The number of piperidine rings is 1. The minimum absolute atomic E-state index is 0.280. The van der Waals surface area contributed by atoms with Crippen molar-refractivity contribution in [3.05, 3.63) is 0 Å². The summed E-state index contributed by atoms with van der Waals surface area (Å²) in [6, 6.07) is 0. The van der Waals surface area contributed by atoms with Crippen LogP contribution in [0.4, 0.5) is 0 Å². The van der Waals surface area contributed by atoms with Crippen LogP contribution in [0.25, 0.3) is 0 Å². The van der Waals surface area contributed by atoms with Crippen LogP contribution in [-0.2, 0) is 10.0 Å². The Labute approximate surface area is 92.9 Å². The van der Waals surface area contributed by atoms with Crippen LogP contribution in [0.5, 0.6) is 0 Å². The molecule has 1 aliphatic rings. The molecular formula is C10H22N2O2S. The SMILES string of the molecule is CCCS(=O)(=O)N1CCCC(CCN)C1. The van der Waals surface area contributed by atoms with Crippen LogP contribution in [0.15, 0.2) is 0 Å². The monoisotopic (exact) mass is 234 g/mol. The lowest BCUT2D eigenvalue weighted by atomic mass is 9.96. The Morgan fingerprint density at radius 2 is 2.20 bits per heavy atom. The van der Waals surface area contributed by atoms with Gasteiger partial charge in [-0.2, -0.15) is 0 Å². The molecule has 0 radical (unpaired) electrons. The second kappa shape index (κ2) is 5.82. The molecule has 1 heterocycles. The summed E-state index contributed by atoms with van der Waals surface area (Å²) in [6.45, 7) is 3.94. The molecule has 0 bridgehead atoms. The first-order chi connectivity index (χ1) is 7.10. The molecule has 1 atom stereocenters. The highest BCUT2D eigenvalue weighted by molar-refractivity contribution is 7.89. The minimum atomic E-state index is -2.99. The van der Waals surface area contributed by atoms with Crippen molar-refractivity contribution in [2.24, 2.45) is 11.7 Å². The molecule has 1 unspecified atom stereocenters. The average Bonchev–Trinajstić information content (AvgIpc) is 2.19. The molecule has 0 aliphatic carbocycles. The van der Waals surface area contributed by atoms with Gasteiger partial charge in [0.05, 0.1) is 5.75 Å². The molecule has 1 fully saturated rings. The van der Waals surface area contributed by atoms with Crippen molar-refractivity contribution in [3.63, 3.8) is 0 Å². The highest BCUT2D eigenvalue weighted by Crippen LogP contribution is 2.21. The summed E-state index contributed by atoms with van der Waals surface area (Å²) < 4.78 is 25.3. The third-order valence-electron chi connectivity index (χ3n) is 2.91. The molecule has 90 valence electrons. The van der Waals surface area contributed by atoms with Gasteiger partial charge in [0, 0.05) is 13.1 Å². The van der Waals surface area contributed by atoms with Crippen molar-refractivity contribution >= 4 is 10.0 Å². The highest BCUT2D eigenvalue weighted by atomic mass is 32.2. The molecule has 0 aromatic carbocycles. The van der Waals surface area contributed by atoms with Crippen molar-refractivity contribution in [2.45, 2.75) is 32.6 Å². The fraction of sp³-hybridized carbons (Fsp3) is 1.00. The summed E-state index contributed by atoms with van der Waals surface area (Å²) in [7, 11) is -2.99. The van der Waals surface area contributed by atoms with Gasteiger partial charge in [-0.15, -0.1) is 0 Å². The van der Waals surface area contributed by atoms with E-state index < -0.39 is 10.0 Å². The van der Waals surface area contributed by atoms with Gasteiger partial charge in [0.25, 0.3) is 0 Å². The maximum absolute atomic E-state index is 11.8. The average molecular weight is 234 g/mol. The largest absolute Gasteiger partial charge is 0.330 e. The lowest BCUT2D eigenvalue weighted by molar-refractivity contribution is 0.258. The standard InChI is InChI=1S/C10H22N2O2S/c1-2-8-15(13,14)12-7-3-4-10(9-12)5-6-11/h10H,2-9,11H2,1H3. The van der Waals surface area contributed by atoms with Crippen LogP contribution >= 0.6 is 0 Å². The zero-order valence-electron chi connectivity index (χ0n) is 9.48. The van der Waals surface area contributed by atoms with Gasteiger partial charge in [-0.25, -0.2) is 12.7 Å². The number of nitrogens with two attached hydrogens (primary N) is 1. The van der Waals surface area contributed by atoms with E-state index in [0.717, 1.165) is 19.3 Å². The van der Waals surface area contributed by atoms with Gasteiger partial charge in [-0.05, 0) is 38.1 Å². The molecule has 5 heteroatoms. The maximum Gasteiger partial charge on any atom is 0.214 e. The van der Waals surface area contributed by atoms with E-state index in [1.165, 1.54) is 0 Å². The van der Waals surface area contributed by atoms with Crippen LogP contribution in [-0.4, -0.2) is 38.1 Å². The van der Waals surface area contributed by atoms with E-state index >= 15 is 0 Å². The zero-order chi connectivity index (χ0) is 11.3. The normalized spacial score (nSPS) is 24.3. The predicted molar refractivity (Wildman–Crippen MR) is 62.0 cm³/mol. The van der Waals surface area contributed by atoms with Crippen molar-refractivity contribution in [3.8, 4) is 0 Å². The zero-order valence-corrected chi connectivity index (χ0v) is 10.3.